The number of rotatable bonds is 1. The van der Waals surface area contributed by atoms with Crippen LogP contribution in [0.25, 0.3) is 0 Å². The van der Waals surface area contributed by atoms with Gasteiger partial charge in [0.05, 0.1) is 4.92 Å². The lowest BCUT2D eigenvalue weighted by Crippen LogP contribution is -2.17. The zero-order valence-electron chi connectivity index (χ0n) is 6.00. The molecular formula is C5H8BrN3O2. The van der Waals surface area contributed by atoms with Crippen molar-refractivity contribution in [2.45, 2.75) is 0 Å². The molecule has 0 spiro atoms. The Morgan fingerprint density at radius 3 is 2.91 bits per heavy atom. The van der Waals surface area contributed by atoms with Gasteiger partial charge in [0.2, 0.25) is 0 Å². The maximum Gasteiger partial charge on any atom is 0.350 e. The Bertz CT molecular complexity index is 216. The first-order valence-corrected chi connectivity index (χ1v) is 3.91. The summed E-state index contributed by atoms with van der Waals surface area (Å²) in [7, 11) is 1.81. The van der Waals surface area contributed by atoms with Crippen molar-refractivity contribution in [1.29, 1.82) is 0 Å². The number of nitrogens with zero attached hydrogens (tertiary/aromatic N) is 2. The summed E-state index contributed by atoms with van der Waals surface area (Å²) in [4.78, 5) is 11.6. The Labute approximate surface area is 72.3 Å². The minimum Gasteiger partial charge on any atom is -0.364 e. The highest BCUT2D eigenvalue weighted by Crippen LogP contribution is 2.15. The van der Waals surface area contributed by atoms with E-state index in [2.05, 4.69) is 21.2 Å². The van der Waals surface area contributed by atoms with Gasteiger partial charge in [0, 0.05) is 36.1 Å². The first kappa shape index (κ1) is 8.32. The third-order valence-electron chi connectivity index (χ3n) is 1.48. The smallest absolute Gasteiger partial charge is 0.350 e. The second-order valence-corrected chi connectivity index (χ2v) is 3.00. The number of nitro groups is 1. The Morgan fingerprint density at radius 2 is 2.55 bits per heavy atom. The largest absolute Gasteiger partial charge is 0.364 e. The molecular weight excluding hydrogens is 214 g/mol. The zero-order chi connectivity index (χ0) is 8.43. The van der Waals surface area contributed by atoms with Crippen LogP contribution in [-0.4, -0.2) is 30.0 Å². The van der Waals surface area contributed by atoms with Crippen LogP contribution in [-0.2, 0) is 0 Å². The van der Waals surface area contributed by atoms with Crippen molar-refractivity contribution in [3.63, 3.8) is 0 Å². The van der Waals surface area contributed by atoms with E-state index in [0.717, 1.165) is 13.1 Å². The maximum absolute atomic E-state index is 10.3. The third kappa shape index (κ3) is 1.62. The first-order chi connectivity index (χ1) is 5.13. The Morgan fingerprint density at radius 1 is 1.91 bits per heavy atom. The van der Waals surface area contributed by atoms with Crippen LogP contribution >= 0.6 is 15.9 Å². The van der Waals surface area contributed by atoms with Gasteiger partial charge in [-0.1, -0.05) is 0 Å². The van der Waals surface area contributed by atoms with Crippen molar-refractivity contribution in [2.75, 3.05) is 20.1 Å². The minimum atomic E-state index is -0.454. The molecule has 11 heavy (non-hydrogen) atoms. The second kappa shape index (κ2) is 3.08. The van der Waals surface area contributed by atoms with Crippen molar-refractivity contribution in [1.82, 2.24) is 10.2 Å². The van der Waals surface area contributed by atoms with Crippen LogP contribution in [0.4, 0.5) is 0 Å². The molecule has 0 aliphatic carbocycles. The van der Waals surface area contributed by atoms with Crippen molar-refractivity contribution in [3.05, 3.63) is 20.5 Å². The van der Waals surface area contributed by atoms with Crippen molar-refractivity contribution in [2.24, 2.45) is 0 Å². The van der Waals surface area contributed by atoms with Gasteiger partial charge >= 0.3 is 4.61 Å². The molecule has 0 bridgehead atoms. The molecule has 1 aliphatic rings. The molecule has 0 radical (unpaired) electrons. The van der Waals surface area contributed by atoms with E-state index in [-0.39, 0.29) is 4.61 Å². The van der Waals surface area contributed by atoms with Crippen molar-refractivity contribution >= 4 is 15.9 Å². The predicted molar refractivity (Wildman–Crippen MR) is 43.6 cm³/mol. The van der Waals surface area contributed by atoms with Crippen molar-refractivity contribution in [3.8, 4) is 0 Å². The van der Waals surface area contributed by atoms with Crippen LogP contribution < -0.4 is 5.32 Å². The van der Waals surface area contributed by atoms with Gasteiger partial charge in [-0.25, -0.2) is 0 Å². The number of hydrogen-bond acceptors (Lipinski definition) is 4. The van der Waals surface area contributed by atoms with E-state index in [1.54, 1.807) is 11.9 Å². The molecule has 0 unspecified atom stereocenters. The molecule has 1 N–H and O–H groups in total. The van der Waals surface area contributed by atoms with E-state index in [0.29, 0.717) is 5.82 Å². The average Bonchev–Trinajstić information content (AvgIpc) is 2.33. The highest BCUT2D eigenvalue weighted by molar-refractivity contribution is 9.11. The quantitative estimate of drug-likeness (QED) is 0.394. The highest BCUT2D eigenvalue weighted by atomic mass is 79.9. The molecule has 5 nitrogen and oxygen atoms in total. The molecule has 0 atom stereocenters. The number of nitrogens with one attached hydrogen (secondary N) is 1. The van der Waals surface area contributed by atoms with E-state index in [4.69, 9.17) is 0 Å². The molecule has 0 aromatic heterocycles. The lowest BCUT2D eigenvalue weighted by atomic mass is 10.6. The van der Waals surface area contributed by atoms with Crippen molar-refractivity contribution < 1.29 is 4.92 Å². The number of halogens is 1. The zero-order valence-corrected chi connectivity index (χ0v) is 7.59. The van der Waals surface area contributed by atoms with Gasteiger partial charge in [0.25, 0.3) is 0 Å². The fourth-order valence-electron chi connectivity index (χ4n) is 0.906. The monoisotopic (exact) mass is 221 g/mol. The summed E-state index contributed by atoms with van der Waals surface area (Å²) >= 11 is 2.89. The molecule has 1 rings (SSSR count). The van der Waals surface area contributed by atoms with Crippen LogP contribution in [0.3, 0.4) is 0 Å². The first-order valence-electron chi connectivity index (χ1n) is 3.12. The van der Waals surface area contributed by atoms with Gasteiger partial charge in [-0.05, 0) is 0 Å². The lowest BCUT2D eigenvalue weighted by molar-refractivity contribution is -0.411. The van der Waals surface area contributed by atoms with Crippen LogP contribution in [0.2, 0.25) is 0 Å². The number of likely N-dealkylation sites (N-methyl/N-ethyl adjacent to an activating group) is 1. The summed E-state index contributed by atoms with van der Waals surface area (Å²) in [6.07, 6.45) is 0. The topological polar surface area (TPSA) is 58.4 Å². The third-order valence-corrected chi connectivity index (χ3v) is 2.14. The molecule has 0 amide bonds. The Balaban J connectivity index is 2.85. The highest BCUT2D eigenvalue weighted by Gasteiger charge is 2.22. The molecule has 1 heterocycles. The van der Waals surface area contributed by atoms with E-state index in [1.165, 1.54) is 0 Å². The summed E-state index contributed by atoms with van der Waals surface area (Å²) in [5, 5.41) is 13.2. The summed E-state index contributed by atoms with van der Waals surface area (Å²) in [6, 6.07) is 0. The average molecular weight is 222 g/mol. The molecule has 6 heteroatoms. The van der Waals surface area contributed by atoms with Gasteiger partial charge in [-0.3, -0.25) is 10.1 Å². The molecule has 1 aliphatic heterocycles. The van der Waals surface area contributed by atoms with E-state index in [1.807, 2.05) is 0 Å². The summed E-state index contributed by atoms with van der Waals surface area (Å²) < 4.78 is -0.00231. The van der Waals surface area contributed by atoms with Crippen LogP contribution in [0.15, 0.2) is 10.4 Å². The molecule has 0 aromatic rings. The van der Waals surface area contributed by atoms with Crippen LogP contribution in [0.5, 0.6) is 0 Å². The van der Waals surface area contributed by atoms with Gasteiger partial charge in [0.1, 0.15) is 0 Å². The predicted octanol–water partition coefficient (Wildman–Crippen LogP) is 0.320. The normalized spacial score (nSPS) is 21.5. The molecule has 62 valence electrons. The molecule has 1 saturated heterocycles. The van der Waals surface area contributed by atoms with E-state index >= 15 is 0 Å². The Hall–Kier alpha value is -0.780. The van der Waals surface area contributed by atoms with Gasteiger partial charge in [0.15, 0.2) is 5.82 Å². The fourth-order valence-corrected chi connectivity index (χ4v) is 1.35. The van der Waals surface area contributed by atoms with Crippen LogP contribution in [0, 0.1) is 10.1 Å². The SMILES string of the molecule is CN1CCN/C1=C(/Br)[N+](=O)[O-]. The Kier molecular flexibility index (Phi) is 2.33. The lowest BCUT2D eigenvalue weighted by Gasteiger charge is -2.08. The van der Waals surface area contributed by atoms with E-state index < -0.39 is 4.92 Å². The second-order valence-electron chi connectivity index (χ2n) is 2.24. The molecule has 0 saturated carbocycles. The molecule has 0 aromatic carbocycles. The van der Waals surface area contributed by atoms with Gasteiger partial charge in [-0.15, -0.1) is 0 Å². The number of hydrogen-bond donors (Lipinski definition) is 1. The van der Waals surface area contributed by atoms with E-state index in [9.17, 15) is 10.1 Å². The van der Waals surface area contributed by atoms with Gasteiger partial charge in [-0.2, -0.15) is 0 Å². The summed E-state index contributed by atoms with van der Waals surface area (Å²) in [5.74, 6) is 0.551. The standard InChI is InChI=1S/C5H8BrN3O2/c1-8-3-2-7-5(8)4(6)9(10)11/h7H,2-3H2,1H3/b5-4+. The fraction of sp³-hybridized carbons (Fsp3) is 0.600. The van der Waals surface area contributed by atoms with Gasteiger partial charge < -0.3 is 10.2 Å². The summed E-state index contributed by atoms with van der Waals surface area (Å²) in [5.41, 5.74) is 0. The van der Waals surface area contributed by atoms with Crippen LogP contribution in [0.1, 0.15) is 0 Å². The summed E-state index contributed by atoms with van der Waals surface area (Å²) in [6.45, 7) is 1.56. The maximum atomic E-state index is 10.3. The molecule has 1 fully saturated rings. The minimum absolute atomic E-state index is 0.00231.